The minimum atomic E-state index is -0.658. The Balaban J connectivity index is 1.19. The van der Waals surface area contributed by atoms with Crippen LogP contribution < -0.4 is 26.6 Å². The number of nitrogens with one attached hydrogen (secondary N) is 2. The first-order chi connectivity index (χ1) is 22.6. The lowest BCUT2D eigenvalue weighted by Crippen LogP contribution is -2.42. The zero-order chi connectivity index (χ0) is 33.0. The van der Waals surface area contributed by atoms with Crippen molar-refractivity contribution >= 4 is 23.2 Å². The SMILES string of the molecule is COc1nc(-c2cccc(-c3cccc(NC(=O)c4cn(C)c(=O)n(C)c4=O)c3C)c2Cl)cc2c1[C@@H](N1CC[C@]3(CCCN3)C1)CC2. The number of hydrogen-bond donors (Lipinski definition) is 2. The Morgan fingerprint density at radius 1 is 1.11 bits per heavy atom. The average Bonchev–Trinajstić information content (AvgIpc) is 3.83. The van der Waals surface area contributed by atoms with Gasteiger partial charge in [-0.2, -0.15) is 0 Å². The first kappa shape index (κ1) is 31.4. The van der Waals surface area contributed by atoms with E-state index in [4.69, 9.17) is 21.3 Å². The molecular formula is C36H39ClN6O4. The molecule has 4 aromatic rings. The summed E-state index contributed by atoms with van der Waals surface area (Å²) in [6.07, 6.45) is 6.94. The van der Waals surface area contributed by atoms with Crippen LogP contribution in [0.3, 0.4) is 0 Å². The van der Waals surface area contributed by atoms with Crippen molar-refractivity contribution in [2.45, 2.75) is 50.6 Å². The number of amides is 1. The number of carbonyl (C=O) groups is 1. The van der Waals surface area contributed by atoms with Gasteiger partial charge in [0.1, 0.15) is 5.56 Å². The van der Waals surface area contributed by atoms with Crippen LogP contribution in [0.2, 0.25) is 5.02 Å². The Morgan fingerprint density at radius 2 is 1.87 bits per heavy atom. The summed E-state index contributed by atoms with van der Waals surface area (Å²) in [4.78, 5) is 45.6. The van der Waals surface area contributed by atoms with Crippen LogP contribution in [0.5, 0.6) is 5.88 Å². The lowest BCUT2D eigenvalue weighted by atomic mass is 9.96. The lowest BCUT2D eigenvalue weighted by molar-refractivity contribution is 0.102. The van der Waals surface area contributed by atoms with Crippen molar-refractivity contribution in [3.8, 4) is 28.3 Å². The third-order valence-corrected chi connectivity index (χ3v) is 10.7. The summed E-state index contributed by atoms with van der Waals surface area (Å²) in [5, 5.41) is 7.18. The number of methoxy groups -OCH3 is 1. The molecule has 3 aliphatic rings. The first-order valence-electron chi connectivity index (χ1n) is 16.1. The van der Waals surface area contributed by atoms with Crippen molar-refractivity contribution in [2.75, 3.05) is 32.1 Å². The molecule has 2 aromatic heterocycles. The molecule has 4 heterocycles. The summed E-state index contributed by atoms with van der Waals surface area (Å²) >= 11 is 7.16. The van der Waals surface area contributed by atoms with Crippen molar-refractivity contribution in [1.29, 1.82) is 0 Å². The number of ether oxygens (including phenoxy) is 1. The topological polar surface area (TPSA) is 110 Å². The van der Waals surface area contributed by atoms with Crippen LogP contribution in [0.15, 0.2) is 58.3 Å². The van der Waals surface area contributed by atoms with Gasteiger partial charge >= 0.3 is 5.69 Å². The fraction of sp³-hybridized carbons (Fsp3) is 0.389. The monoisotopic (exact) mass is 654 g/mol. The third-order valence-electron chi connectivity index (χ3n) is 10.3. The first-order valence-corrected chi connectivity index (χ1v) is 16.5. The summed E-state index contributed by atoms with van der Waals surface area (Å²) in [6.45, 7) is 5.15. The standard InChI is InChI=1S/C36H39ClN6O4/c1-21-23(8-6-11-27(21)39-32(44)26-19-41(2)35(46)42(3)34(26)45)24-9-5-10-25(31(24)37)28-18-22-12-13-29(30(22)33(40-28)47-4)43-17-15-36(20-43)14-7-16-38-36/h5-6,8-11,18-19,29,38H,7,12-17,20H2,1-4H3,(H,39,44)/t29-,36+/m0/s1. The molecule has 2 atom stereocenters. The highest BCUT2D eigenvalue weighted by atomic mass is 35.5. The predicted molar refractivity (Wildman–Crippen MR) is 184 cm³/mol. The number of likely N-dealkylation sites (tertiary alicyclic amines) is 1. The minimum absolute atomic E-state index is 0.127. The predicted octanol–water partition coefficient (Wildman–Crippen LogP) is 4.85. The number of halogens is 1. The van der Waals surface area contributed by atoms with Crippen molar-refractivity contribution in [3.63, 3.8) is 0 Å². The maximum absolute atomic E-state index is 13.2. The molecule has 2 saturated heterocycles. The summed E-state index contributed by atoms with van der Waals surface area (Å²) in [7, 11) is 4.54. The highest BCUT2D eigenvalue weighted by molar-refractivity contribution is 6.36. The average molecular weight is 655 g/mol. The van der Waals surface area contributed by atoms with E-state index < -0.39 is 17.2 Å². The summed E-state index contributed by atoms with van der Waals surface area (Å²) < 4.78 is 8.07. The van der Waals surface area contributed by atoms with Gasteiger partial charge in [0.05, 0.1) is 17.8 Å². The molecular weight excluding hydrogens is 616 g/mol. The van der Waals surface area contributed by atoms with Gasteiger partial charge in [-0.25, -0.2) is 9.78 Å². The molecule has 11 heteroatoms. The number of aryl methyl sites for hydroxylation is 2. The molecule has 7 rings (SSSR count). The van der Waals surface area contributed by atoms with Crippen LogP contribution in [0, 0.1) is 6.92 Å². The normalized spacial score (nSPS) is 20.6. The van der Waals surface area contributed by atoms with Crippen LogP contribution in [0.4, 0.5) is 5.69 Å². The second kappa shape index (κ2) is 12.1. The van der Waals surface area contributed by atoms with Gasteiger partial charge in [0, 0.05) is 67.3 Å². The van der Waals surface area contributed by atoms with E-state index in [1.165, 1.54) is 55.2 Å². The fourth-order valence-electron chi connectivity index (χ4n) is 7.78. The largest absolute Gasteiger partial charge is 0.481 e. The molecule has 2 aliphatic heterocycles. The Labute approximate surface area is 278 Å². The van der Waals surface area contributed by atoms with Crippen molar-refractivity contribution in [3.05, 3.63) is 96.8 Å². The molecule has 1 aliphatic carbocycles. The highest BCUT2D eigenvalue weighted by Crippen LogP contribution is 2.47. The Morgan fingerprint density at radius 3 is 2.64 bits per heavy atom. The number of nitrogens with zero attached hydrogens (tertiary/aromatic N) is 4. The van der Waals surface area contributed by atoms with Crippen molar-refractivity contribution < 1.29 is 9.53 Å². The van der Waals surface area contributed by atoms with Crippen LogP contribution in [0.25, 0.3) is 22.4 Å². The molecule has 1 amide bonds. The summed E-state index contributed by atoms with van der Waals surface area (Å²) in [6, 6.07) is 13.9. The molecule has 2 fully saturated rings. The Bertz CT molecular complexity index is 2030. The number of rotatable bonds is 6. The van der Waals surface area contributed by atoms with E-state index in [0.29, 0.717) is 22.6 Å². The quantitative estimate of drug-likeness (QED) is 0.306. The zero-order valence-corrected chi connectivity index (χ0v) is 27.9. The molecule has 2 aromatic carbocycles. The van der Waals surface area contributed by atoms with Gasteiger partial charge in [0.15, 0.2) is 0 Å². The smallest absolute Gasteiger partial charge is 0.330 e. The van der Waals surface area contributed by atoms with Crippen molar-refractivity contribution in [1.82, 2.24) is 24.3 Å². The van der Waals surface area contributed by atoms with E-state index in [9.17, 15) is 14.4 Å². The second-order valence-corrected chi connectivity index (χ2v) is 13.5. The minimum Gasteiger partial charge on any atom is -0.481 e. The van der Waals surface area contributed by atoms with Crippen LogP contribution in [0.1, 0.15) is 58.8 Å². The molecule has 0 bridgehead atoms. The van der Waals surface area contributed by atoms with E-state index in [-0.39, 0.29) is 11.1 Å². The van der Waals surface area contributed by atoms with Gasteiger partial charge < -0.3 is 19.9 Å². The maximum atomic E-state index is 13.2. The van der Waals surface area contributed by atoms with Gasteiger partial charge in [-0.05, 0) is 74.4 Å². The Hall–Kier alpha value is -4.25. The van der Waals surface area contributed by atoms with Crippen LogP contribution in [-0.2, 0) is 20.5 Å². The molecule has 1 spiro atoms. The van der Waals surface area contributed by atoms with E-state index >= 15 is 0 Å². The molecule has 10 nitrogen and oxygen atoms in total. The molecule has 244 valence electrons. The molecule has 0 saturated carbocycles. The van der Waals surface area contributed by atoms with Crippen LogP contribution >= 0.6 is 11.6 Å². The van der Waals surface area contributed by atoms with E-state index in [2.05, 4.69) is 21.6 Å². The zero-order valence-electron chi connectivity index (χ0n) is 27.2. The van der Waals surface area contributed by atoms with E-state index in [1.807, 2.05) is 37.3 Å². The Kier molecular flexibility index (Phi) is 8.06. The number of anilines is 1. The lowest BCUT2D eigenvalue weighted by Gasteiger charge is -2.29. The van der Waals surface area contributed by atoms with Gasteiger partial charge in [0.25, 0.3) is 11.5 Å². The third kappa shape index (κ3) is 5.38. The number of benzene rings is 2. The number of aromatic nitrogens is 3. The maximum Gasteiger partial charge on any atom is 0.330 e. The van der Waals surface area contributed by atoms with Gasteiger partial charge in [-0.15, -0.1) is 0 Å². The van der Waals surface area contributed by atoms with Crippen molar-refractivity contribution in [2.24, 2.45) is 14.1 Å². The number of pyridine rings is 1. The highest BCUT2D eigenvalue weighted by Gasteiger charge is 2.44. The van der Waals surface area contributed by atoms with Crippen LogP contribution in [-0.4, -0.2) is 57.2 Å². The summed E-state index contributed by atoms with van der Waals surface area (Å²) in [5.41, 5.74) is 5.92. The number of hydrogen-bond acceptors (Lipinski definition) is 7. The summed E-state index contributed by atoms with van der Waals surface area (Å²) in [5.74, 6) is 0.0601. The van der Waals surface area contributed by atoms with E-state index in [1.54, 1.807) is 13.2 Å². The molecule has 0 unspecified atom stereocenters. The number of carbonyl (C=O) groups excluding carboxylic acids is 1. The number of fused-ring (bicyclic) bond motifs is 1. The molecule has 0 radical (unpaired) electrons. The fourth-order valence-corrected chi connectivity index (χ4v) is 8.11. The molecule has 2 N–H and O–H groups in total. The van der Waals surface area contributed by atoms with Gasteiger partial charge in [-0.3, -0.25) is 19.1 Å². The van der Waals surface area contributed by atoms with E-state index in [0.717, 1.165) is 65.0 Å². The second-order valence-electron chi connectivity index (χ2n) is 13.1. The van der Waals surface area contributed by atoms with Gasteiger partial charge in [-0.1, -0.05) is 41.9 Å². The molecule has 47 heavy (non-hydrogen) atoms. The van der Waals surface area contributed by atoms with Gasteiger partial charge in [0.2, 0.25) is 5.88 Å².